The van der Waals surface area contributed by atoms with Gasteiger partial charge in [-0.25, -0.2) is 0 Å². The van der Waals surface area contributed by atoms with Crippen LogP contribution < -0.4 is 5.73 Å². The third-order valence-electron chi connectivity index (χ3n) is 2.76. The van der Waals surface area contributed by atoms with Crippen LogP contribution in [-0.4, -0.2) is 23.4 Å². The van der Waals surface area contributed by atoms with Gasteiger partial charge in [0.25, 0.3) is 0 Å². The van der Waals surface area contributed by atoms with Gasteiger partial charge in [-0.15, -0.1) is 0 Å². The topological polar surface area (TPSA) is 46.1 Å². The maximum atomic E-state index is 10.9. The molecule has 0 aromatic heterocycles. The first kappa shape index (κ1) is 9.21. The Morgan fingerprint density at radius 1 is 1.50 bits per heavy atom. The minimum absolute atomic E-state index is 0.0507. The second-order valence-corrected chi connectivity index (χ2v) is 3.70. The molecule has 0 bridgehead atoms. The smallest absolute Gasteiger partial charge is 0.236 e. The Labute approximate surface area is 83.5 Å². The van der Waals surface area contributed by atoms with Crippen LogP contribution in [-0.2, 0) is 4.79 Å². The Hall–Kier alpha value is -1.35. The van der Waals surface area contributed by atoms with E-state index in [1.165, 1.54) is 5.56 Å². The number of nitrogens with zero attached hydrogens (tertiary/aromatic N) is 1. The zero-order valence-electron chi connectivity index (χ0n) is 8.18. The van der Waals surface area contributed by atoms with E-state index in [2.05, 4.69) is 24.0 Å². The van der Waals surface area contributed by atoms with Crippen molar-refractivity contribution in [2.45, 2.75) is 19.0 Å². The molecule has 0 radical (unpaired) electrons. The molecule has 3 atom stereocenters. The van der Waals surface area contributed by atoms with Crippen molar-refractivity contribution in [1.29, 1.82) is 0 Å². The minimum Gasteiger partial charge on any atom is -0.368 e. The summed E-state index contributed by atoms with van der Waals surface area (Å²) in [7, 11) is 0. The molecule has 1 saturated heterocycles. The summed E-state index contributed by atoms with van der Waals surface area (Å²) >= 11 is 0. The molecule has 0 saturated carbocycles. The molecule has 1 heterocycles. The van der Waals surface area contributed by atoms with E-state index in [1.807, 2.05) is 18.2 Å². The van der Waals surface area contributed by atoms with Gasteiger partial charge < -0.3 is 5.73 Å². The van der Waals surface area contributed by atoms with Crippen LogP contribution in [0.5, 0.6) is 0 Å². The van der Waals surface area contributed by atoms with Gasteiger partial charge in [0.05, 0.1) is 0 Å². The summed E-state index contributed by atoms with van der Waals surface area (Å²) in [5, 5.41) is 0. The van der Waals surface area contributed by atoms with Crippen molar-refractivity contribution < 1.29 is 4.79 Å². The molecular weight excluding hydrogens is 176 g/mol. The van der Waals surface area contributed by atoms with Gasteiger partial charge in [0.15, 0.2) is 0 Å². The minimum atomic E-state index is -0.215. The van der Waals surface area contributed by atoms with Gasteiger partial charge in [0.1, 0.15) is 6.04 Å². The maximum Gasteiger partial charge on any atom is 0.236 e. The van der Waals surface area contributed by atoms with Gasteiger partial charge in [-0.2, -0.15) is 0 Å². The monoisotopic (exact) mass is 190 g/mol. The fourth-order valence-corrected chi connectivity index (χ4v) is 1.76. The van der Waals surface area contributed by atoms with E-state index in [-0.39, 0.29) is 18.0 Å². The summed E-state index contributed by atoms with van der Waals surface area (Å²) in [6, 6.07) is 10.4. The van der Waals surface area contributed by atoms with Crippen molar-refractivity contribution >= 4 is 5.91 Å². The quantitative estimate of drug-likeness (QED) is 0.720. The van der Waals surface area contributed by atoms with Crippen molar-refractivity contribution in [1.82, 2.24) is 4.90 Å². The molecule has 1 unspecified atom stereocenters. The van der Waals surface area contributed by atoms with E-state index in [0.717, 1.165) is 6.54 Å². The summed E-state index contributed by atoms with van der Waals surface area (Å²) in [4.78, 5) is 13.0. The number of rotatable bonds is 3. The number of carbonyl (C=O) groups excluding carboxylic acids is 1. The number of primary amides is 1. The van der Waals surface area contributed by atoms with E-state index >= 15 is 0 Å². The molecule has 14 heavy (non-hydrogen) atoms. The lowest BCUT2D eigenvalue weighted by molar-refractivity contribution is -0.118. The standard InChI is InChI=1S/C11H14N2O/c1-8(9-5-3-2-4-6-9)13-7-10(13)11(12)14/h2-6,8,10H,7H2,1H3,(H2,12,14)/t8-,10-,13?/m1/s1. The zero-order chi connectivity index (χ0) is 10.1. The number of hydrogen-bond acceptors (Lipinski definition) is 2. The molecule has 2 rings (SSSR count). The van der Waals surface area contributed by atoms with Crippen LogP contribution in [0, 0.1) is 0 Å². The van der Waals surface area contributed by atoms with Crippen LogP contribution in [0.2, 0.25) is 0 Å². The molecule has 1 aliphatic rings. The molecule has 74 valence electrons. The van der Waals surface area contributed by atoms with Gasteiger partial charge >= 0.3 is 0 Å². The number of benzene rings is 1. The molecular formula is C11H14N2O. The highest BCUT2D eigenvalue weighted by Crippen LogP contribution is 2.31. The highest BCUT2D eigenvalue weighted by atomic mass is 16.1. The number of carbonyl (C=O) groups is 1. The van der Waals surface area contributed by atoms with Crippen LogP contribution >= 0.6 is 0 Å². The van der Waals surface area contributed by atoms with Crippen LogP contribution in [0.3, 0.4) is 0 Å². The molecule has 1 fully saturated rings. The molecule has 0 spiro atoms. The average molecular weight is 190 g/mol. The largest absolute Gasteiger partial charge is 0.368 e. The highest BCUT2D eigenvalue weighted by molar-refractivity contribution is 5.83. The van der Waals surface area contributed by atoms with E-state index in [0.29, 0.717) is 0 Å². The molecule has 1 aromatic carbocycles. The molecule has 0 aliphatic carbocycles. The second kappa shape index (κ2) is 3.42. The van der Waals surface area contributed by atoms with Crippen LogP contribution in [0.4, 0.5) is 0 Å². The van der Waals surface area contributed by atoms with Crippen molar-refractivity contribution in [2.24, 2.45) is 5.73 Å². The van der Waals surface area contributed by atoms with Gasteiger partial charge in [-0.1, -0.05) is 30.3 Å². The molecule has 1 aliphatic heterocycles. The molecule has 2 N–H and O–H groups in total. The fraction of sp³-hybridized carbons (Fsp3) is 0.364. The Balaban J connectivity index is 2.05. The van der Waals surface area contributed by atoms with E-state index in [4.69, 9.17) is 5.73 Å². The lowest BCUT2D eigenvalue weighted by Crippen LogP contribution is -2.22. The number of nitrogens with two attached hydrogens (primary N) is 1. The van der Waals surface area contributed by atoms with Crippen molar-refractivity contribution in [3.8, 4) is 0 Å². The molecule has 3 nitrogen and oxygen atoms in total. The Bertz CT molecular complexity index is 336. The Morgan fingerprint density at radius 2 is 2.14 bits per heavy atom. The molecule has 3 heteroatoms. The SMILES string of the molecule is C[C@H](c1ccccc1)N1C[C@@H]1C(N)=O. The second-order valence-electron chi connectivity index (χ2n) is 3.70. The third-order valence-corrected chi connectivity index (χ3v) is 2.76. The third kappa shape index (κ3) is 1.63. The summed E-state index contributed by atoms with van der Waals surface area (Å²) in [6.45, 7) is 2.89. The van der Waals surface area contributed by atoms with Gasteiger partial charge in [-0.05, 0) is 12.5 Å². The fourth-order valence-electron chi connectivity index (χ4n) is 1.76. The number of amides is 1. The lowest BCUT2D eigenvalue weighted by Gasteiger charge is -2.13. The van der Waals surface area contributed by atoms with Crippen molar-refractivity contribution in [3.05, 3.63) is 35.9 Å². The zero-order valence-corrected chi connectivity index (χ0v) is 8.18. The normalized spacial score (nSPS) is 26.9. The first-order chi connectivity index (χ1) is 6.70. The van der Waals surface area contributed by atoms with Crippen molar-refractivity contribution in [3.63, 3.8) is 0 Å². The molecule has 1 aromatic rings. The van der Waals surface area contributed by atoms with E-state index in [1.54, 1.807) is 0 Å². The first-order valence-corrected chi connectivity index (χ1v) is 4.80. The first-order valence-electron chi connectivity index (χ1n) is 4.80. The maximum absolute atomic E-state index is 10.9. The summed E-state index contributed by atoms with van der Waals surface area (Å²) < 4.78 is 0. The van der Waals surface area contributed by atoms with Gasteiger partial charge in [-0.3, -0.25) is 9.69 Å². The van der Waals surface area contributed by atoms with E-state index in [9.17, 15) is 4.79 Å². The summed E-state index contributed by atoms with van der Waals surface area (Å²) in [5.41, 5.74) is 6.46. The predicted molar refractivity (Wildman–Crippen MR) is 54.5 cm³/mol. The Kier molecular flexibility index (Phi) is 2.25. The average Bonchev–Trinajstić information content (AvgIpc) is 2.97. The van der Waals surface area contributed by atoms with Crippen LogP contribution in [0.25, 0.3) is 0 Å². The van der Waals surface area contributed by atoms with E-state index < -0.39 is 0 Å². The Morgan fingerprint density at radius 3 is 2.64 bits per heavy atom. The number of hydrogen-bond donors (Lipinski definition) is 1. The van der Waals surface area contributed by atoms with Gasteiger partial charge in [0.2, 0.25) is 5.91 Å². The highest BCUT2D eigenvalue weighted by Gasteiger charge is 2.42. The van der Waals surface area contributed by atoms with Crippen LogP contribution in [0.1, 0.15) is 18.5 Å². The van der Waals surface area contributed by atoms with Crippen molar-refractivity contribution in [2.75, 3.05) is 6.54 Å². The predicted octanol–water partition coefficient (Wildman–Crippen LogP) is 0.917. The summed E-state index contributed by atoms with van der Waals surface area (Å²) in [6.07, 6.45) is 0. The lowest BCUT2D eigenvalue weighted by atomic mass is 10.1. The van der Waals surface area contributed by atoms with Gasteiger partial charge in [0, 0.05) is 12.6 Å². The molecule has 1 amide bonds. The van der Waals surface area contributed by atoms with Crippen LogP contribution in [0.15, 0.2) is 30.3 Å². The summed E-state index contributed by atoms with van der Waals surface area (Å²) in [5.74, 6) is -0.215.